The van der Waals surface area contributed by atoms with Gasteiger partial charge in [-0.05, 0) is 43.7 Å². The molecule has 0 amide bonds. The van der Waals surface area contributed by atoms with E-state index in [9.17, 15) is 8.42 Å². The maximum absolute atomic E-state index is 12.7. The molecule has 1 saturated heterocycles. The van der Waals surface area contributed by atoms with Gasteiger partial charge in [0.2, 0.25) is 10.0 Å². The fourth-order valence-corrected chi connectivity index (χ4v) is 4.56. The average Bonchev–Trinajstić information content (AvgIpc) is 2.58. The third-order valence-electron chi connectivity index (χ3n) is 4.48. The third-order valence-corrected chi connectivity index (χ3v) is 6.80. The minimum Gasteiger partial charge on any atom is -0.369 e. The molecule has 2 aromatic carbocycles. The Kier molecular flexibility index (Phi) is 4.85. The normalized spacial score (nSPS) is 16.4. The Bertz CT molecular complexity index is 827. The number of halogens is 1. The first-order valence-corrected chi connectivity index (χ1v) is 9.78. The Morgan fingerprint density at radius 3 is 2.17 bits per heavy atom. The Hall–Kier alpha value is -1.56. The Balaban J connectivity index is 1.75. The van der Waals surface area contributed by atoms with Crippen LogP contribution in [-0.4, -0.2) is 38.9 Å². The van der Waals surface area contributed by atoms with E-state index in [1.807, 2.05) is 44.2 Å². The summed E-state index contributed by atoms with van der Waals surface area (Å²) in [5, 5.41) is 0.738. The zero-order chi connectivity index (χ0) is 17.3. The second kappa shape index (κ2) is 6.75. The van der Waals surface area contributed by atoms with Crippen molar-refractivity contribution in [1.29, 1.82) is 0 Å². The van der Waals surface area contributed by atoms with Crippen molar-refractivity contribution in [2.45, 2.75) is 18.7 Å². The number of hydrogen-bond acceptors (Lipinski definition) is 3. The highest BCUT2D eigenvalue weighted by Gasteiger charge is 2.28. The van der Waals surface area contributed by atoms with Crippen LogP contribution in [0.3, 0.4) is 0 Å². The van der Waals surface area contributed by atoms with Crippen LogP contribution in [-0.2, 0) is 10.0 Å². The summed E-state index contributed by atoms with van der Waals surface area (Å²) in [5.41, 5.74) is 3.17. The van der Waals surface area contributed by atoms with Gasteiger partial charge in [0.15, 0.2) is 0 Å². The van der Waals surface area contributed by atoms with Gasteiger partial charge in [-0.2, -0.15) is 4.31 Å². The summed E-state index contributed by atoms with van der Waals surface area (Å²) in [5.74, 6) is 0. The first kappa shape index (κ1) is 17.3. The maximum Gasteiger partial charge on any atom is 0.243 e. The maximum atomic E-state index is 12.7. The molecule has 1 heterocycles. The van der Waals surface area contributed by atoms with Crippen LogP contribution < -0.4 is 4.90 Å². The van der Waals surface area contributed by atoms with E-state index in [0.29, 0.717) is 31.1 Å². The van der Waals surface area contributed by atoms with Gasteiger partial charge in [0.25, 0.3) is 0 Å². The van der Waals surface area contributed by atoms with Crippen molar-refractivity contribution in [3.8, 4) is 0 Å². The van der Waals surface area contributed by atoms with Crippen LogP contribution in [0.25, 0.3) is 0 Å². The number of benzene rings is 2. The van der Waals surface area contributed by atoms with E-state index < -0.39 is 10.0 Å². The van der Waals surface area contributed by atoms with Crippen molar-refractivity contribution >= 4 is 27.3 Å². The SMILES string of the molecule is Cc1ccc(S(=O)(=O)N2CCN(c3cccc(Cl)c3C)CC2)cc1. The van der Waals surface area contributed by atoms with Gasteiger partial charge in [0, 0.05) is 36.9 Å². The molecule has 0 aliphatic carbocycles. The van der Waals surface area contributed by atoms with Crippen molar-refractivity contribution < 1.29 is 8.42 Å². The van der Waals surface area contributed by atoms with Gasteiger partial charge in [-0.15, -0.1) is 0 Å². The Labute approximate surface area is 148 Å². The highest BCUT2D eigenvalue weighted by Crippen LogP contribution is 2.28. The molecular weight excluding hydrogens is 344 g/mol. The van der Waals surface area contributed by atoms with Crippen LogP contribution in [0.2, 0.25) is 5.02 Å². The van der Waals surface area contributed by atoms with Crippen molar-refractivity contribution in [3.05, 3.63) is 58.6 Å². The minimum absolute atomic E-state index is 0.362. The van der Waals surface area contributed by atoms with E-state index >= 15 is 0 Å². The average molecular weight is 365 g/mol. The first-order valence-electron chi connectivity index (χ1n) is 7.96. The molecule has 0 bridgehead atoms. The summed E-state index contributed by atoms with van der Waals surface area (Å²) in [7, 11) is -3.42. The summed E-state index contributed by atoms with van der Waals surface area (Å²) < 4.78 is 27.1. The fraction of sp³-hybridized carbons (Fsp3) is 0.333. The van der Waals surface area contributed by atoms with Crippen molar-refractivity contribution in [2.24, 2.45) is 0 Å². The molecule has 0 saturated carbocycles. The number of anilines is 1. The Morgan fingerprint density at radius 1 is 0.917 bits per heavy atom. The smallest absolute Gasteiger partial charge is 0.243 e. The topological polar surface area (TPSA) is 40.6 Å². The van der Waals surface area contributed by atoms with Crippen molar-refractivity contribution in [3.63, 3.8) is 0 Å². The predicted octanol–water partition coefficient (Wildman–Crippen LogP) is 3.47. The second-order valence-corrected chi connectivity index (χ2v) is 8.43. The highest BCUT2D eigenvalue weighted by molar-refractivity contribution is 7.89. The summed E-state index contributed by atoms with van der Waals surface area (Å²) in [6, 6.07) is 12.9. The lowest BCUT2D eigenvalue weighted by Gasteiger charge is -2.36. The van der Waals surface area contributed by atoms with Gasteiger partial charge in [-0.3, -0.25) is 0 Å². The number of nitrogens with zero attached hydrogens (tertiary/aromatic N) is 2. The third kappa shape index (κ3) is 3.29. The van der Waals surface area contributed by atoms with E-state index in [1.54, 1.807) is 16.4 Å². The molecule has 3 rings (SSSR count). The first-order chi connectivity index (χ1) is 11.4. The van der Waals surface area contributed by atoms with Gasteiger partial charge >= 0.3 is 0 Å². The highest BCUT2D eigenvalue weighted by atomic mass is 35.5. The van der Waals surface area contributed by atoms with Gasteiger partial charge < -0.3 is 4.90 Å². The van der Waals surface area contributed by atoms with Crippen LogP contribution in [0.5, 0.6) is 0 Å². The molecule has 0 N–H and O–H groups in total. The lowest BCUT2D eigenvalue weighted by atomic mass is 10.1. The molecule has 1 fully saturated rings. The number of aryl methyl sites for hydroxylation is 1. The minimum atomic E-state index is -3.42. The van der Waals surface area contributed by atoms with Gasteiger partial charge in [-0.25, -0.2) is 8.42 Å². The molecule has 0 aromatic heterocycles. The molecule has 24 heavy (non-hydrogen) atoms. The van der Waals surface area contributed by atoms with Crippen LogP contribution in [0.4, 0.5) is 5.69 Å². The summed E-state index contributed by atoms with van der Waals surface area (Å²) >= 11 is 6.19. The molecule has 1 aliphatic heterocycles. The fourth-order valence-electron chi connectivity index (χ4n) is 2.97. The zero-order valence-corrected chi connectivity index (χ0v) is 15.4. The van der Waals surface area contributed by atoms with E-state index in [0.717, 1.165) is 21.8 Å². The van der Waals surface area contributed by atoms with Crippen LogP contribution in [0, 0.1) is 13.8 Å². The molecule has 0 spiro atoms. The molecule has 2 aromatic rings. The van der Waals surface area contributed by atoms with E-state index in [-0.39, 0.29) is 0 Å². The van der Waals surface area contributed by atoms with E-state index in [4.69, 9.17) is 11.6 Å². The molecule has 128 valence electrons. The van der Waals surface area contributed by atoms with E-state index in [1.165, 1.54) is 0 Å². The summed E-state index contributed by atoms with van der Waals surface area (Å²) in [6.45, 7) is 6.21. The molecular formula is C18H21ClN2O2S. The summed E-state index contributed by atoms with van der Waals surface area (Å²) in [4.78, 5) is 2.56. The Morgan fingerprint density at radius 2 is 1.54 bits per heavy atom. The summed E-state index contributed by atoms with van der Waals surface area (Å²) in [6.07, 6.45) is 0. The number of piperazine rings is 1. The molecule has 1 aliphatic rings. The molecule has 0 atom stereocenters. The molecule has 0 radical (unpaired) electrons. The second-order valence-electron chi connectivity index (χ2n) is 6.09. The predicted molar refractivity (Wildman–Crippen MR) is 98.3 cm³/mol. The van der Waals surface area contributed by atoms with Crippen LogP contribution in [0.15, 0.2) is 47.4 Å². The molecule has 4 nitrogen and oxygen atoms in total. The zero-order valence-electron chi connectivity index (χ0n) is 13.9. The van der Waals surface area contributed by atoms with E-state index in [2.05, 4.69) is 4.90 Å². The lowest BCUT2D eigenvalue weighted by molar-refractivity contribution is 0.385. The number of sulfonamides is 1. The monoisotopic (exact) mass is 364 g/mol. The number of hydrogen-bond donors (Lipinski definition) is 0. The van der Waals surface area contributed by atoms with Crippen LogP contribution >= 0.6 is 11.6 Å². The van der Waals surface area contributed by atoms with Gasteiger partial charge in [0.05, 0.1) is 4.90 Å². The quantitative estimate of drug-likeness (QED) is 0.837. The van der Waals surface area contributed by atoms with Crippen molar-refractivity contribution in [2.75, 3.05) is 31.1 Å². The van der Waals surface area contributed by atoms with Crippen LogP contribution in [0.1, 0.15) is 11.1 Å². The largest absolute Gasteiger partial charge is 0.369 e. The number of rotatable bonds is 3. The van der Waals surface area contributed by atoms with Crippen molar-refractivity contribution in [1.82, 2.24) is 4.31 Å². The van der Waals surface area contributed by atoms with Gasteiger partial charge in [0.1, 0.15) is 0 Å². The molecule has 0 unspecified atom stereocenters. The lowest BCUT2D eigenvalue weighted by Crippen LogP contribution is -2.48. The molecule has 6 heteroatoms. The standard InChI is InChI=1S/C18H21ClN2O2S/c1-14-6-8-16(9-7-14)24(22,23)21-12-10-20(11-13-21)18-5-3-4-17(19)15(18)2/h3-9H,10-13H2,1-2H3. The van der Waals surface area contributed by atoms with Gasteiger partial charge in [-0.1, -0.05) is 35.4 Å².